The van der Waals surface area contributed by atoms with E-state index < -0.39 is 24.2 Å². The normalized spacial score (nSPS) is 23.0. The predicted octanol–water partition coefficient (Wildman–Crippen LogP) is 2.30. The molecule has 0 bridgehead atoms. The van der Waals surface area contributed by atoms with E-state index in [1.54, 1.807) is 17.1 Å². The number of carbonyl (C=O) groups is 2. The molecule has 0 unspecified atom stereocenters. The van der Waals surface area contributed by atoms with Crippen LogP contribution in [0.1, 0.15) is 30.4 Å². The summed E-state index contributed by atoms with van der Waals surface area (Å²) in [6, 6.07) is 16.2. The highest BCUT2D eigenvalue weighted by Gasteiger charge is 2.50. The van der Waals surface area contributed by atoms with Gasteiger partial charge >= 0.3 is 0 Å². The molecule has 0 aromatic heterocycles. The number of amides is 2. The quantitative estimate of drug-likeness (QED) is 0.523. The number of ether oxygens (including phenoxy) is 1. The van der Waals surface area contributed by atoms with Crippen LogP contribution in [0.15, 0.2) is 78.4 Å². The molecule has 4 atom stereocenters. The van der Waals surface area contributed by atoms with Gasteiger partial charge in [0, 0.05) is 24.2 Å². The molecule has 1 aliphatic carbocycles. The number of rotatable bonds is 8. The maximum Gasteiger partial charge on any atom is 0.247 e. The van der Waals surface area contributed by atoms with Crippen molar-refractivity contribution in [1.82, 2.24) is 10.2 Å². The first-order chi connectivity index (χ1) is 16.5. The molecule has 2 aromatic carbocycles. The van der Waals surface area contributed by atoms with Crippen molar-refractivity contribution >= 4 is 11.8 Å². The maximum atomic E-state index is 13.2. The van der Waals surface area contributed by atoms with Gasteiger partial charge < -0.3 is 25.2 Å². The Morgan fingerprint density at radius 1 is 1.12 bits per heavy atom. The molecule has 34 heavy (non-hydrogen) atoms. The van der Waals surface area contributed by atoms with E-state index in [1.807, 2.05) is 61.5 Å². The molecule has 2 amide bonds. The Morgan fingerprint density at radius 3 is 2.59 bits per heavy atom. The Bertz CT molecular complexity index is 1080. The van der Waals surface area contributed by atoms with Crippen LogP contribution in [0.5, 0.6) is 5.75 Å². The third-order valence-electron chi connectivity index (χ3n) is 6.21. The van der Waals surface area contributed by atoms with Gasteiger partial charge in [0.25, 0.3) is 0 Å². The Hall–Kier alpha value is -3.42. The number of nitrogens with one attached hydrogen (secondary N) is 1. The van der Waals surface area contributed by atoms with Gasteiger partial charge in [0.2, 0.25) is 11.8 Å². The SMILES string of the molecule is CCC=CC(=O)N(Cc1ccccc1)[C@@H]1C=C(C(=O)NCCO)[C@@H]2c3ccccc3O[C@@H]2[C@H]1O. The zero-order chi connectivity index (χ0) is 24.1. The summed E-state index contributed by atoms with van der Waals surface area (Å²) < 4.78 is 6.12. The molecule has 0 fully saturated rings. The summed E-state index contributed by atoms with van der Waals surface area (Å²) in [5, 5.41) is 23.4. The zero-order valence-electron chi connectivity index (χ0n) is 19.1. The summed E-state index contributed by atoms with van der Waals surface area (Å²) in [6.07, 6.45) is 3.90. The van der Waals surface area contributed by atoms with Crippen LogP contribution in [0.3, 0.4) is 0 Å². The number of hydrogen-bond donors (Lipinski definition) is 3. The second-order valence-corrected chi connectivity index (χ2v) is 8.44. The fourth-order valence-corrected chi connectivity index (χ4v) is 4.62. The Labute approximate surface area is 199 Å². The molecule has 7 heteroatoms. The van der Waals surface area contributed by atoms with Crippen molar-refractivity contribution < 1.29 is 24.5 Å². The molecule has 2 aliphatic rings. The van der Waals surface area contributed by atoms with Crippen LogP contribution >= 0.6 is 0 Å². The van der Waals surface area contributed by atoms with Crippen LogP contribution in [-0.2, 0) is 16.1 Å². The lowest BCUT2D eigenvalue weighted by atomic mass is 9.77. The summed E-state index contributed by atoms with van der Waals surface area (Å²) in [6.45, 7) is 2.13. The molecule has 0 saturated carbocycles. The first kappa shape index (κ1) is 23.7. The van der Waals surface area contributed by atoms with Crippen LogP contribution in [-0.4, -0.2) is 58.3 Å². The van der Waals surface area contributed by atoms with E-state index in [4.69, 9.17) is 4.74 Å². The van der Waals surface area contributed by atoms with E-state index >= 15 is 0 Å². The monoisotopic (exact) mass is 462 g/mol. The first-order valence-corrected chi connectivity index (χ1v) is 11.6. The number of aliphatic hydroxyl groups is 2. The summed E-state index contributed by atoms with van der Waals surface area (Å²) in [4.78, 5) is 28.0. The number of allylic oxidation sites excluding steroid dienone is 1. The molecule has 2 aromatic rings. The lowest BCUT2D eigenvalue weighted by Gasteiger charge is -2.40. The maximum absolute atomic E-state index is 13.2. The summed E-state index contributed by atoms with van der Waals surface area (Å²) >= 11 is 0. The largest absolute Gasteiger partial charge is 0.486 e. The van der Waals surface area contributed by atoms with Gasteiger partial charge in [0.15, 0.2) is 0 Å². The molecule has 0 radical (unpaired) electrons. The summed E-state index contributed by atoms with van der Waals surface area (Å²) in [7, 11) is 0. The van der Waals surface area contributed by atoms with Gasteiger partial charge in [-0.15, -0.1) is 0 Å². The van der Waals surface area contributed by atoms with Gasteiger partial charge in [-0.25, -0.2) is 0 Å². The summed E-state index contributed by atoms with van der Waals surface area (Å²) in [5.74, 6) is -0.460. The van der Waals surface area contributed by atoms with Crippen LogP contribution in [0.25, 0.3) is 0 Å². The van der Waals surface area contributed by atoms with Crippen molar-refractivity contribution in [2.45, 2.75) is 44.1 Å². The fraction of sp³-hybridized carbons (Fsp3) is 0.333. The van der Waals surface area contributed by atoms with E-state index in [0.717, 1.165) is 11.1 Å². The molecule has 4 rings (SSSR count). The van der Waals surface area contributed by atoms with E-state index in [1.165, 1.54) is 6.08 Å². The van der Waals surface area contributed by atoms with Crippen LogP contribution < -0.4 is 10.1 Å². The molecular weight excluding hydrogens is 432 g/mol. The molecule has 0 saturated heterocycles. The highest BCUT2D eigenvalue weighted by Crippen LogP contribution is 2.47. The van der Waals surface area contributed by atoms with Crippen LogP contribution in [0.4, 0.5) is 0 Å². The molecule has 1 heterocycles. The van der Waals surface area contributed by atoms with Crippen molar-refractivity contribution in [2.75, 3.05) is 13.2 Å². The summed E-state index contributed by atoms with van der Waals surface area (Å²) in [5.41, 5.74) is 2.15. The average Bonchev–Trinajstić information content (AvgIpc) is 3.26. The van der Waals surface area contributed by atoms with Crippen LogP contribution in [0.2, 0.25) is 0 Å². The third kappa shape index (κ3) is 4.76. The third-order valence-corrected chi connectivity index (χ3v) is 6.21. The first-order valence-electron chi connectivity index (χ1n) is 11.6. The lowest BCUT2D eigenvalue weighted by Crippen LogP contribution is -2.55. The predicted molar refractivity (Wildman–Crippen MR) is 128 cm³/mol. The second kappa shape index (κ2) is 10.7. The minimum atomic E-state index is -1.05. The highest BCUT2D eigenvalue weighted by molar-refractivity contribution is 5.96. The number of nitrogens with zero attached hydrogens (tertiary/aromatic N) is 1. The van der Waals surface area contributed by atoms with Gasteiger partial charge in [0.05, 0.1) is 18.6 Å². The Morgan fingerprint density at radius 2 is 1.85 bits per heavy atom. The standard InChI is InChI=1S/C27H30N2O5/c1-2-3-13-23(31)29(17-18-9-5-4-6-10-18)21-16-20(27(33)28-14-15-30)24-19-11-7-8-12-22(19)34-26(24)25(21)32/h3-13,16,21,24-26,30,32H,2,14-15,17H2,1H3,(H,28,33)/t21-,24+,25+,26+/m1/s1. The lowest BCUT2D eigenvalue weighted by molar-refractivity contribution is -0.132. The van der Waals surface area contributed by atoms with Gasteiger partial charge in [-0.3, -0.25) is 9.59 Å². The van der Waals surface area contributed by atoms with Crippen molar-refractivity contribution in [3.63, 3.8) is 0 Å². The molecule has 178 valence electrons. The topological polar surface area (TPSA) is 99.1 Å². The Balaban J connectivity index is 1.76. The molecule has 3 N–H and O–H groups in total. The number of fused-ring (bicyclic) bond motifs is 3. The number of hydrogen-bond acceptors (Lipinski definition) is 5. The van der Waals surface area contributed by atoms with Gasteiger partial charge in [-0.2, -0.15) is 0 Å². The highest BCUT2D eigenvalue weighted by atomic mass is 16.5. The van der Waals surface area contributed by atoms with E-state index in [0.29, 0.717) is 17.7 Å². The number of para-hydroxylation sites is 1. The van der Waals surface area contributed by atoms with Crippen molar-refractivity contribution in [3.05, 3.63) is 89.5 Å². The Kier molecular flexibility index (Phi) is 7.45. The molecule has 7 nitrogen and oxygen atoms in total. The smallest absolute Gasteiger partial charge is 0.247 e. The second-order valence-electron chi connectivity index (χ2n) is 8.44. The average molecular weight is 463 g/mol. The minimum Gasteiger partial charge on any atom is -0.486 e. The van der Waals surface area contributed by atoms with Crippen molar-refractivity contribution in [3.8, 4) is 5.75 Å². The number of aliphatic hydroxyl groups excluding tert-OH is 2. The van der Waals surface area contributed by atoms with E-state index in [-0.39, 0.29) is 31.5 Å². The number of benzene rings is 2. The van der Waals surface area contributed by atoms with Crippen LogP contribution in [0, 0.1) is 0 Å². The van der Waals surface area contributed by atoms with Crippen molar-refractivity contribution in [2.24, 2.45) is 0 Å². The van der Waals surface area contributed by atoms with E-state index in [9.17, 15) is 19.8 Å². The van der Waals surface area contributed by atoms with E-state index in [2.05, 4.69) is 5.32 Å². The number of carbonyl (C=O) groups excluding carboxylic acids is 2. The molecular formula is C27H30N2O5. The zero-order valence-corrected chi connectivity index (χ0v) is 19.1. The van der Waals surface area contributed by atoms with Crippen molar-refractivity contribution in [1.29, 1.82) is 0 Å². The minimum absolute atomic E-state index is 0.106. The van der Waals surface area contributed by atoms with Gasteiger partial charge in [-0.1, -0.05) is 61.5 Å². The molecule has 0 spiro atoms. The van der Waals surface area contributed by atoms with Gasteiger partial charge in [-0.05, 0) is 30.2 Å². The van der Waals surface area contributed by atoms with Gasteiger partial charge in [0.1, 0.15) is 18.0 Å². The molecule has 1 aliphatic heterocycles. The fourth-order valence-electron chi connectivity index (χ4n) is 4.62.